The zero-order valence-electron chi connectivity index (χ0n) is 21.4. The molecule has 0 N–H and O–H groups in total. The molecule has 2 aromatic heterocycles. The number of para-hydroxylation sites is 1. The Morgan fingerprint density at radius 3 is 2.64 bits per heavy atom. The largest absolute Gasteiger partial charge is 0.467 e. The smallest absolute Gasteiger partial charge is 0.338 e. The van der Waals surface area contributed by atoms with Crippen molar-refractivity contribution in [1.82, 2.24) is 19.6 Å². The number of allylic oxidation sites excluding steroid dienone is 2. The molecule has 0 fully saturated rings. The molecule has 2 atom stereocenters. The lowest BCUT2D eigenvalue weighted by Gasteiger charge is -2.28. The summed E-state index contributed by atoms with van der Waals surface area (Å²) in [4.78, 5) is 17.1. The van der Waals surface area contributed by atoms with Gasteiger partial charge in [0.25, 0.3) is 0 Å². The molecule has 0 saturated carbocycles. The van der Waals surface area contributed by atoms with Crippen LogP contribution in [0.4, 0.5) is 5.82 Å². The average Bonchev–Trinajstić information content (AvgIpc) is 3.56. The first kappa shape index (κ1) is 26.6. The van der Waals surface area contributed by atoms with Crippen LogP contribution in [0.1, 0.15) is 40.0 Å². The Morgan fingerprint density at radius 1 is 1.25 bits per heavy atom. The standard InChI is InChI=1S/C27H32N6O3/c1-6-27(36-5,26(34)35-4)14-12-20(2)16-29-25-24(18-31-33(25)21(3)13-15-28)22-17-30-32(19-22)23-10-8-7-9-11-23/h7-11,13,16-20H,6,12,14H2,1-5H3/b21-13+,29-16+. The molecular formula is C27H32N6O3. The number of rotatable bonds is 11. The monoisotopic (exact) mass is 488 g/mol. The van der Waals surface area contributed by atoms with Crippen LogP contribution in [0.25, 0.3) is 22.5 Å². The predicted molar refractivity (Wildman–Crippen MR) is 139 cm³/mol. The number of methoxy groups -OCH3 is 2. The van der Waals surface area contributed by atoms with Gasteiger partial charge >= 0.3 is 5.97 Å². The number of carbonyl (C=O) groups excluding carboxylic acids is 1. The van der Waals surface area contributed by atoms with E-state index in [1.807, 2.05) is 62.7 Å². The van der Waals surface area contributed by atoms with Gasteiger partial charge in [-0.3, -0.25) is 0 Å². The molecule has 3 rings (SSSR count). The molecule has 9 heteroatoms. The van der Waals surface area contributed by atoms with Gasteiger partial charge in [-0.15, -0.1) is 0 Å². The minimum absolute atomic E-state index is 0.0409. The lowest BCUT2D eigenvalue weighted by Crippen LogP contribution is -2.41. The van der Waals surface area contributed by atoms with Gasteiger partial charge in [0.1, 0.15) is 0 Å². The van der Waals surface area contributed by atoms with Gasteiger partial charge in [0.05, 0.1) is 37.0 Å². The fourth-order valence-corrected chi connectivity index (χ4v) is 3.94. The van der Waals surface area contributed by atoms with Crippen LogP contribution >= 0.6 is 0 Å². The molecule has 3 aromatic rings. The lowest BCUT2D eigenvalue weighted by atomic mass is 9.90. The molecule has 0 bridgehead atoms. The predicted octanol–water partition coefficient (Wildman–Crippen LogP) is 5.21. The van der Waals surface area contributed by atoms with Crippen molar-refractivity contribution in [2.75, 3.05) is 14.2 Å². The van der Waals surface area contributed by atoms with E-state index in [9.17, 15) is 4.79 Å². The first-order chi connectivity index (χ1) is 17.4. The minimum atomic E-state index is -0.970. The third-order valence-electron chi connectivity index (χ3n) is 6.24. The molecule has 0 amide bonds. The molecule has 9 nitrogen and oxygen atoms in total. The second-order valence-electron chi connectivity index (χ2n) is 8.56. The molecule has 188 valence electrons. The van der Waals surface area contributed by atoms with Crippen LogP contribution in [-0.4, -0.2) is 51.6 Å². The van der Waals surface area contributed by atoms with Gasteiger partial charge in [0, 0.05) is 36.7 Å². The molecule has 0 aliphatic heterocycles. The Bertz CT molecular complexity index is 1260. The molecule has 0 spiro atoms. The lowest BCUT2D eigenvalue weighted by molar-refractivity contribution is -0.167. The van der Waals surface area contributed by atoms with Gasteiger partial charge in [0.15, 0.2) is 11.4 Å². The third kappa shape index (κ3) is 5.78. The fourth-order valence-electron chi connectivity index (χ4n) is 3.94. The number of benzene rings is 1. The molecular weight excluding hydrogens is 456 g/mol. The molecule has 0 aliphatic carbocycles. The Morgan fingerprint density at radius 2 is 2.00 bits per heavy atom. The number of ether oxygens (including phenoxy) is 2. The van der Waals surface area contributed by atoms with Crippen molar-refractivity contribution in [2.24, 2.45) is 10.9 Å². The third-order valence-corrected chi connectivity index (χ3v) is 6.24. The van der Waals surface area contributed by atoms with Crippen LogP contribution in [-0.2, 0) is 14.3 Å². The summed E-state index contributed by atoms with van der Waals surface area (Å²) in [5.41, 5.74) is 2.26. The molecule has 2 unspecified atom stereocenters. The normalized spacial score (nSPS) is 14.4. The summed E-state index contributed by atoms with van der Waals surface area (Å²) in [6.07, 6.45) is 10.4. The summed E-state index contributed by atoms with van der Waals surface area (Å²) in [6, 6.07) is 11.9. The van der Waals surface area contributed by atoms with Crippen molar-refractivity contribution in [3.63, 3.8) is 0 Å². The maximum atomic E-state index is 12.3. The van der Waals surface area contributed by atoms with Crippen LogP contribution < -0.4 is 0 Å². The average molecular weight is 489 g/mol. The number of carbonyl (C=O) groups is 1. The summed E-state index contributed by atoms with van der Waals surface area (Å²) in [5, 5.41) is 18.1. The molecule has 36 heavy (non-hydrogen) atoms. The van der Waals surface area contributed by atoms with Crippen LogP contribution in [0, 0.1) is 17.2 Å². The van der Waals surface area contributed by atoms with E-state index >= 15 is 0 Å². The number of nitrogens with zero attached hydrogens (tertiary/aromatic N) is 6. The maximum Gasteiger partial charge on any atom is 0.338 e. The van der Waals surface area contributed by atoms with Gasteiger partial charge in [-0.2, -0.15) is 15.5 Å². The highest BCUT2D eigenvalue weighted by molar-refractivity contribution is 5.80. The zero-order valence-corrected chi connectivity index (χ0v) is 21.4. The van der Waals surface area contributed by atoms with Crippen molar-refractivity contribution in [3.8, 4) is 22.9 Å². The minimum Gasteiger partial charge on any atom is -0.467 e. The SMILES string of the molecule is CCC(CCC(C)/C=N/c1c(-c2cnn(-c3ccccc3)c2)cnn1/C(C)=C/C#N)(OC)C(=O)OC. The number of aromatic nitrogens is 4. The van der Waals surface area contributed by atoms with E-state index in [0.717, 1.165) is 16.8 Å². The summed E-state index contributed by atoms with van der Waals surface area (Å²) >= 11 is 0. The van der Waals surface area contributed by atoms with Gasteiger partial charge in [-0.1, -0.05) is 32.0 Å². The summed E-state index contributed by atoms with van der Waals surface area (Å²) in [5.74, 6) is 0.267. The van der Waals surface area contributed by atoms with E-state index < -0.39 is 5.60 Å². The van der Waals surface area contributed by atoms with Crippen LogP contribution in [0.15, 0.2) is 60.0 Å². The van der Waals surface area contributed by atoms with Gasteiger partial charge in [0.2, 0.25) is 0 Å². The number of hydrogen-bond donors (Lipinski definition) is 0. The van der Waals surface area contributed by atoms with Crippen molar-refractivity contribution in [3.05, 3.63) is 55.0 Å². The first-order valence-corrected chi connectivity index (χ1v) is 11.8. The van der Waals surface area contributed by atoms with Crippen molar-refractivity contribution in [1.29, 1.82) is 5.26 Å². The quantitative estimate of drug-likeness (QED) is 0.208. The van der Waals surface area contributed by atoms with Crippen molar-refractivity contribution in [2.45, 2.75) is 45.6 Å². The second-order valence-corrected chi connectivity index (χ2v) is 8.56. The highest BCUT2D eigenvalue weighted by atomic mass is 16.6. The number of hydrogen-bond acceptors (Lipinski definition) is 7. The van der Waals surface area contributed by atoms with Crippen LogP contribution in [0.5, 0.6) is 0 Å². The number of aliphatic imine (C=N–C) groups is 1. The second kappa shape index (κ2) is 12.1. The highest BCUT2D eigenvalue weighted by Crippen LogP contribution is 2.33. The van der Waals surface area contributed by atoms with Crippen molar-refractivity contribution >= 4 is 23.7 Å². The Balaban J connectivity index is 1.90. The van der Waals surface area contributed by atoms with E-state index in [2.05, 4.69) is 10.2 Å². The maximum absolute atomic E-state index is 12.3. The highest BCUT2D eigenvalue weighted by Gasteiger charge is 2.37. The van der Waals surface area contributed by atoms with E-state index in [1.54, 1.807) is 28.7 Å². The fraction of sp³-hybridized carbons (Fsp3) is 0.370. The summed E-state index contributed by atoms with van der Waals surface area (Å²) in [6.45, 7) is 5.74. The topological polar surface area (TPSA) is 107 Å². The Labute approximate surface area is 211 Å². The van der Waals surface area contributed by atoms with E-state index in [0.29, 0.717) is 30.8 Å². The molecule has 0 aliphatic rings. The van der Waals surface area contributed by atoms with Gasteiger partial charge in [-0.05, 0) is 44.2 Å². The summed E-state index contributed by atoms with van der Waals surface area (Å²) in [7, 11) is 2.90. The van der Waals surface area contributed by atoms with E-state index in [-0.39, 0.29) is 11.9 Å². The zero-order chi connectivity index (χ0) is 26.1. The Kier molecular flexibility index (Phi) is 8.92. The molecule has 2 heterocycles. The van der Waals surface area contributed by atoms with Gasteiger partial charge < -0.3 is 9.47 Å². The van der Waals surface area contributed by atoms with Gasteiger partial charge in [-0.25, -0.2) is 19.2 Å². The van der Waals surface area contributed by atoms with E-state index in [4.69, 9.17) is 19.7 Å². The molecule has 0 radical (unpaired) electrons. The molecule has 1 aromatic carbocycles. The van der Waals surface area contributed by atoms with E-state index in [1.165, 1.54) is 20.3 Å². The number of nitriles is 1. The number of esters is 1. The molecule has 0 saturated heterocycles. The Hall–Kier alpha value is -4.03. The summed E-state index contributed by atoms with van der Waals surface area (Å²) < 4.78 is 14.0. The van der Waals surface area contributed by atoms with Crippen molar-refractivity contribution < 1.29 is 14.3 Å². The first-order valence-electron chi connectivity index (χ1n) is 11.8. The van der Waals surface area contributed by atoms with Crippen LogP contribution in [0.3, 0.4) is 0 Å². The van der Waals surface area contributed by atoms with Crippen LogP contribution in [0.2, 0.25) is 0 Å².